The van der Waals surface area contributed by atoms with E-state index in [4.69, 9.17) is 0 Å². The van der Waals surface area contributed by atoms with Gasteiger partial charge in [-0.05, 0) is 94.4 Å². The molecule has 0 saturated heterocycles. The van der Waals surface area contributed by atoms with E-state index < -0.39 is 0 Å². The number of anilines is 6. The topological polar surface area (TPSA) is 6.48 Å². The van der Waals surface area contributed by atoms with E-state index in [1.165, 1.54) is 27.5 Å². The van der Waals surface area contributed by atoms with Gasteiger partial charge in [0.2, 0.25) is 0 Å². The van der Waals surface area contributed by atoms with Gasteiger partial charge in [-0.1, -0.05) is 140 Å². The highest BCUT2D eigenvalue weighted by Crippen LogP contribution is 2.41. The SMILES string of the molecule is c1ccc(-c2ccc(N(c3ccccc3)c3cccc(-c4ccc(N(c5ccccc5)c5cccc6ccccc56)cc4)c3)cc2)cc1. The Morgan fingerprint density at radius 3 is 1.33 bits per heavy atom. The van der Waals surface area contributed by atoms with Crippen molar-refractivity contribution in [2.45, 2.75) is 0 Å². The first-order chi connectivity index (χ1) is 23.8. The van der Waals surface area contributed by atoms with Crippen molar-refractivity contribution in [3.63, 3.8) is 0 Å². The van der Waals surface area contributed by atoms with Crippen molar-refractivity contribution in [3.8, 4) is 22.3 Å². The lowest BCUT2D eigenvalue weighted by molar-refractivity contribution is 1.28. The van der Waals surface area contributed by atoms with E-state index in [9.17, 15) is 0 Å². The number of fused-ring (bicyclic) bond motifs is 1. The lowest BCUT2D eigenvalue weighted by Crippen LogP contribution is -2.10. The van der Waals surface area contributed by atoms with Crippen LogP contribution in [0.3, 0.4) is 0 Å². The molecule has 2 nitrogen and oxygen atoms in total. The summed E-state index contributed by atoms with van der Waals surface area (Å²) in [5, 5.41) is 2.44. The maximum Gasteiger partial charge on any atom is 0.0540 e. The fourth-order valence-electron chi connectivity index (χ4n) is 6.49. The monoisotopic (exact) mass is 614 g/mol. The van der Waals surface area contributed by atoms with Gasteiger partial charge in [-0.2, -0.15) is 0 Å². The summed E-state index contributed by atoms with van der Waals surface area (Å²) in [4.78, 5) is 4.67. The van der Waals surface area contributed by atoms with E-state index in [-0.39, 0.29) is 0 Å². The molecule has 228 valence electrons. The molecular formula is C46H34N2. The molecule has 0 atom stereocenters. The smallest absolute Gasteiger partial charge is 0.0540 e. The van der Waals surface area contributed by atoms with Crippen LogP contribution in [0.1, 0.15) is 0 Å². The maximum atomic E-state index is 2.35. The molecule has 0 heterocycles. The first-order valence-electron chi connectivity index (χ1n) is 16.4. The molecule has 0 radical (unpaired) electrons. The Bertz CT molecular complexity index is 2260. The molecule has 0 amide bonds. The van der Waals surface area contributed by atoms with Crippen molar-refractivity contribution in [2.24, 2.45) is 0 Å². The summed E-state index contributed by atoms with van der Waals surface area (Å²) in [7, 11) is 0. The van der Waals surface area contributed by atoms with Gasteiger partial charge in [0.1, 0.15) is 0 Å². The number of benzene rings is 8. The number of rotatable bonds is 8. The second-order valence-electron chi connectivity index (χ2n) is 11.9. The predicted octanol–water partition coefficient (Wildman–Crippen LogP) is 13.1. The van der Waals surface area contributed by atoms with Crippen LogP contribution < -0.4 is 9.80 Å². The van der Waals surface area contributed by atoms with Gasteiger partial charge < -0.3 is 9.80 Å². The molecule has 8 rings (SSSR count). The first-order valence-corrected chi connectivity index (χ1v) is 16.4. The number of hydrogen-bond donors (Lipinski definition) is 0. The molecular weight excluding hydrogens is 581 g/mol. The quantitative estimate of drug-likeness (QED) is 0.168. The molecule has 2 heteroatoms. The molecule has 48 heavy (non-hydrogen) atoms. The molecule has 0 bridgehead atoms. The third-order valence-electron chi connectivity index (χ3n) is 8.83. The Kier molecular flexibility index (Phi) is 7.96. The van der Waals surface area contributed by atoms with Gasteiger partial charge in [-0.3, -0.25) is 0 Å². The van der Waals surface area contributed by atoms with E-state index in [2.05, 4.69) is 216 Å². The zero-order valence-corrected chi connectivity index (χ0v) is 26.5. The van der Waals surface area contributed by atoms with Crippen LogP contribution in [0.15, 0.2) is 206 Å². The molecule has 0 aromatic heterocycles. The van der Waals surface area contributed by atoms with Gasteiger partial charge in [0.25, 0.3) is 0 Å². The van der Waals surface area contributed by atoms with Crippen molar-refractivity contribution >= 4 is 44.9 Å². The maximum absolute atomic E-state index is 2.35. The van der Waals surface area contributed by atoms with Gasteiger partial charge in [-0.25, -0.2) is 0 Å². The fraction of sp³-hybridized carbons (Fsp3) is 0. The summed E-state index contributed by atoms with van der Waals surface area (Å²) in [6, 6.07) is 73.4. The molecule has 0 unspecified atom stereocenters. The molecule has 0 fully saturated rings. The minimum absolute atomic E-state index is 1.11. The van der Waals surface area contributed by atoms with Crippen molar-refractivity contribution in [3.05, 3.63) is 206 Å². The average molecular weight is 615 g/mol. The van der Waals surface area contributed by atoms with Crippen molar-refractivity contribution < 1.29 is 0 Å². The van der Waals surface area contributed by atoms with Crippen molar-refractivity contribution in [2.75, 3.05) is 9.80 Å². The molecule has 0 spiro atoms. The van der Waals surface area contributed by atoms with Gasteiger partial charge in [0, 0.05) is 33.8 Å². The first kappa shape index (κ1) is 29.1. The Morgan fingerprint density at radius 1 is 0.250 bits per heavy atom. The zero-order valence-electron chi connectivity index (χ0n) is 26.5. The molecule has 0 N–H and O–H groups in total. The lowest BCUT2D eigenvalue weighted by Gasteiger charge is -2.27. The van der Waals surface area contributed by atoms with E-state index >= 15 is 0 Å². The van der Waals surface area contributed by atoms with E-state index in [0.717, 1.165) is 39.7 Å². The zero-order chi connectivity index (χ0) is 32.1. The third kappa shape index (κ3) is 5.84. The summed E-state index contributed by atoms with van der Waals surface area (Å²) in [6.45, 7) is 0. The highest BCUT2D eigenvalue weighted by molar-refractivity contribution is 5.99. The lowest BCUT2D eigenvalue weighted by atomic mass is 10.0. The summed E-state index contributed by atoms with van der Waals surface area (Å²) < 4.78 is 0. The van der Waals surface area contributed by atoms with Crippen LogP contribution in [-0.4, -0.2) is 0 Å². The Labute approximate surface area is 282 Å². The van der Waals surface area contributed by atoms with Crippen LogP contribution in [0.25, 0.3) is 33.0 Å². The van der Waals surface area contributed by atoms with Crippen LogP contribution in [0.2, 0.25) is 0 Å². The minimum Gasteiger partial charge on any atom is -0.310 e. The Hall–Kier alpha value is -6.38. The van der Waals surface area contributed by atoms with E-state index in [1.807, 2.05) is 0 Å². The van der Waals surface area contributed by atoms with Gasteiger partial charge in [-0.15, -0.1) is 0 Å². The summed E-state index contributed by atoms with van der Waals surface area (Å²) >= 11 is 0. The largest absolute Gasteiger partial charge is 0.310 e. The van der Waals surface area contributed by atoms with Crippen LogP contribution in [-0.2, 0) is 0 Å². The summed E-state index contributed by atoms with van der Waals surface area (Å²) in [5.74, 6) is 0. The molecule has 0 aliphatic carbocycles. The molecule has 8 aromatic rings. The third-order valence-corrected chi connectivity index (χ3v) is 8.83. The van der Waals surface area contributed by atoms with Crippen LogP contribution in [0, 0.1) is 0 Å². The predicted molar refractivity (Wildman–Crippen MR) is 204 cm³/mol. The molecule has 8 aromatic carbocycles. The highest BCUT2D eigenvalue weighted by atomic mass is 15.1. The van der Waals surface area contributed by atoms with Crippen LogP contribution >= 0.6 is 0 Å². The number of hydrogen-bond acceptors (Lipinski definition) is 2. The second kappa shape index (κ2) is 13.2. The second-order valence-corrected chi connectivity index (χ2v) is 11.9. The molecule has 0 saturated carbocycles. The van der Waals surface area contributed by atoms with E-state index in [1.54, 1.807) is 0 Å². The van der Waals surface area contributed by atoms with Crippen molar-refractivity contribution in [1.82, 2.24) is 0 Å². The van der Waals surface area contributed by atoms with Gasteiger partial charge >= 0.3 is 0 Å². The summed E-state index contributed by atoms with van der Waals surface area (Å²) in [5.41, 5.74) is 11.5. The van der Waals surface area contributed by atoms with E-state index in [0.29, 0.717) is 0 Å². The van der Waals surface area contributed by atoms with Crippen LogP contribution in [0.4, 0.5) is 34.1 Å². The standard InChI is InChI=1S/C46H34N2/c1-4-14-35(15-5-1)36-26-30-42(31-27-36)47(40-19-6-2-7-20-40)44-23-12-18-39(34-44)37-28-32-43(33-29-37)48(41-21-8-3-9-22-41)46-25-13-17-38-16-10-11-24-45(38)46/h1-34H. The molecule has 0 aliphatic rings. The Balaban J connectivity index is 1.16. The highest BCUT2D eigenvalue weighted by Gasteiger charge is 2.16. The number of nitrogens with zero attached hydrogens (tertiary/aromatic N) is 2. The Morgan fingerprint density at radius 2 is 0.667 bits per heavy atom. The molecule has 0 aliphatic heterocycles. The number of para-hydroxylation sites is 2. The fourth-order valence-corrected chi connectivity index (χ4v) is 6.49. The normalized spacial score (nSPS) is 10.9. The summed E-state index contributed by atoms with van der Waals surface area (Å²) in [6.07, 6.45) is 0. The van der Waals surface area contributed by atoms with Gasteiger partial charge in [0.15, 0.2) is 0 Å². The average Bonchev–Trinajstić information content (AvgIpc) is 3.17. The minimum atomic E-state index is 1.11. The van der Waals surface area contributed by atoms with Crippen LogP contribution in [0.5, 0.6) is 0 Å². The van der Waals surface area contributed by atoms with Gasteiger partial charge in [0.05, 0.1) is 5.69 Å². The van der Waals surface area contributed by atoms with Crippen molar-refractivity contribution in [1.29, 1.82) is 0 Å².